The molecule has 4 heteroatoms. The molecule has 3 aromatic rings. The molecule has 112 valence electrons. The van der Waals surface area contributed by atoms with Crippen LogP contribution in [0.25, 0.3) is 10.8 Å². The first-order chi connectivity index (χ1) is 10.9. The number of nitrogens with zero attached hydrogens (tertiary/aromatic N) is 2. The lowest BCUT2D eigenvalue weighted by Crippen LogP contribution is -2.25. The summed E-state index contributed by atoms with van der Waals surface area (Å²) in [6.45, 7) is 1.91. The van der Waals surface area contributed by atoms with E-state index in [9.17, 15) is 0 Å². The summed E-state index contributed by atoms with van der Waals surface area (Å²) in [5.41, 5.74) is 2.51. The number of rotatable bonds is 6. The summed E-state index contributed by atoms with van der Waals surface area (Å²) >= 11 is 1.66. The van der Waals surface area contributed by atoms with Gasteiger partial charge >= 0.3 is 0 Å². The highest BCUT2D eigenvalue weighted by Crippen LogP contribution is 2.31. The molecule has 3 nitrogen and oxygen atoms in total. The number of benzene rings is 1. The van der Waals surface area contributed by atoms with E-state index in [1.165, 1.54) is 18.4 Å². The standard InChI is InChI=1S/C18H18N2OS/c1-2-5-14(6-3-1)11-20(16-8-9-16)12-15-13-22-18(19-15)17-7-4-10-21-17/h1-7,10,13,16H,8-9,11-12H2. The van der Waals surface area contributed by atoms with Crippen molar-refractivity contribution in [1.82, 2.24) is 9.88 Å². The molecule has 0 saturated heterocycles. The van der Waals surface area contributed by atoms with Gasteiger partial charge in [-0.1, -0.05) is 30.3 Å². The fraction of sp³-hybridized carbons (Fsp3) is 0.278. The Kier molecular flexibility index (Phi) is 3.79. The Morgan fingerprint density at radius 3 is 2.68 bits per heavy atom. The Bertz CT molecular complexity index is 717. The quantitative estimate of drug-likeness (QED) is 0.668. The Morgan fingerprint density at radius 1 is 1.09 bits per heavy atom. The minimum absolute atomic E-state index is 0.717. The zero-order valence-electron chi connectivity index (χ0n) is 12.3. The van der Waals surface area contributed by atoms with Crippen LogP contribution in [0.4, 0.5) is 0 Å². The van der Waals surface area contributed by atoms with Crippen LogP contribution >= 0.6 is 11.3 Å². The van der Waals surface area contributed by atoms with Crippen molar-refractivity contribution < 1.29 is 4.42 Å². The molecule has 4 rings (SSSR count). The second kappa shape index (κ2) is 6.07. The summed E-state index contributed by atoms with van der Waals surface area (Å²) in [4.78, 5) is 7.27. The van der Waals surface area contributed by atoms with Crippen molar-refractivity contribution in [3.63, 3.8) is 0 Å². The van der Waals surface area contributed by atoms with Crippen molar-refractivity contribution in [3.8, 4) is 10.8 Å². The third-order valence-corrected chi connectivity index (χ3v) is 4.85. The largest absolute Gasteiger partial charge is 0.462 e. The van der Waals surface area contributed by atoms with Crippen molar-refractivity contribution in [1.29, 1.82) is 0 Å². The maximum absolute atomic E-state index is 5.43. The maximum atomic E-state index is 5.43. The second-order valence-corrected chi connectivity index (χ2v) is 6.60. The van der Waals surface area contributed by atoms with Gasteiger partial charge in [-0.25, -0.2) is 4.98 Å². The van der Waals surface area contributed by atoms with Crippen LogP contribution in [-0.4, -0.2) is 15.9 Å². The summed E-state index contributed by atoms with van der Waals surface area (Å²) < 4.78 is 5.43. The van der Waals surface area contributed by atoms with Crippen molar-refractivity contribution in [2.75, 3.05) is 0 Å². The molecule has 0 radical (unpaired) electrons. The monoisotopic (exact) mass is 310 g/mol. The highest BCUT2D eigenvalue weighted by atomic mass is 32.1. The van der Waals surface area contributed by atoms with Gasteiger partial charge < -0.3 is 4.42 Å². The van der Waals surface area contributed by atoms with Crippen molar-refractivity contribution >= 4 is 11.3 Å². The average Bonchev–Trinajstić information content (AvgIpc) is 3.06. The van der Waals surface area contributed by atoms with E-state index in [1.807, 2.05) is 12.1 Å². The van der Waals surface area contributed by atoms with E-state index in [2.05, 4.69) is 40.6 Å². The highest BCUT2D eigenvalue weighted by molar-refractivity contribution is 7.13. The molecule has 0 spiro atoms. The SMILES string of the molecule is c1ccc(CN(Cc2csc(-c3ccco3)n2)C2CC2)cc1. The van der Waals surface area contributed by atoms with Crippen molar-refractivity contribution in [2.45, 2.75) is 32.0 Å². The Morgan fingerprint density at radius 2 is 1.95 bits per heavy atom. The second-order valence-electron chi connectivity index (χ2n) is 5.74. The van der Waals surface area contributed by atoms with Gasteiger partial charge in [0.15, 0.2) is 10.8 Å². The smallest absolute Gasteiger partial charge is 0.162 e. The van der Waals surface area contributed by atoms with Gasteiger partial charge in [-0.2, -0.15) is 0 Å². The van der Waals surface area contributed by atoms with Crippen LogP contribution in [-0.2, 0) is 13.1 Å². The molecular formula is C18H18N2OS. The van der Waals surface area contributed by atoms with E-state index < -0.39 is 0 Å². The predicted octanol–water partition coefficient (Wildman–Crippen LogP) is 4.57. The Balaban J connectivity index is 1.48. The van der Waals surface area contributed by atoms with E-state index in [0.717, 1.165) is 29.6 Å². The normalized spacial score (nSPS) is 14.6. The fourth-order valence-corrected chi connectivity index (χ4v) is 3.45. The molecule has 0 amide bonds. The lowest BCUT2D eigenvalue weighted by Gasteiger charge is -2.21. The van der Waals surface area contributed by atoms with E-state index >= 15 is 0 Å². The summed E-state index contributed by atoms with van der Waals surface area (Å²) in [5.74, 6) is 0.859. The van der Waals surface area contributed by atoms with Gasteiger partial charge in [0.05, 0.1) is 12.0 Å². The van der Waals surface area contributed by atoms with Crippen LogP contribution in [0.2, 0.25) is 0 Å². The van der Waals surface area contributed by atoms with Crippen molar-refractivity contribution in [2.24, 2.45) is 0 Å². The number of aromatic nitrogens is 1. The van der Waals surface area contributed by atoms with E-state index in [1.54, 1.807) is 17.6 Å². The molecule has 0 N–H and O–H groups in total. The molecule has 1 fully saturated rings. The lowest BCUT2D eigenvalue weighted by atomic mass is 10.2. The zero-order valence-corrected chi connectivity index (χ0v) is 13.1. The van der Waals surface area contributed by atoms with Crippen LogP contribution in [0.5, 0.6) is 0 Å². The first-order valence-corrected chi connectivity index (χ1v) is 8.53. The molecule has 0 atom stereocenters. The molecule has 1 aromatic carbocycles. The molecule has 1 aliphatic carbocycles. The summed E-state index contributed by atoms with van der Waals surface area (Å²) in [5, 5.41) is 3.12. The van der Waals surface area contributed by atoms with Gasteiger partial charge in [0.25, 0.3) is 0 Å². The fourth-order valence-electron chi connectivity index (χ4n) is 2.67. The highest BCUT2D eigenvalue weighted by Gasteiger charge is 2.29. The van der Waals surface area contributed by atoms with Gasteiger partial charge in [0.2, 0.25) is 0 Å². The van der Waals surface area contributed by atoms with Crippen molar-refractivity contribution in [3.05, 3.63) is 65.4 Å². The van der Waals surface area contributed by atoms with E-state index in [4.69, 9.17) is 9.40 Å². The third kappa shape index (κ3) is 3.13. The molecule has 0 unspecified atom stereocenters. The zero-order chi connectivity index (χ0) is 14.8. The molecular weight excluding hydrogens is 292 g/mol. The van der Waals surface area contributed by atoms with Gasteiger partial charge in [0.1, 0.15) is 0 Å². The summed E-state index contributed by atoms with van der Waals surface area (Å²) in [7, 11) is 0. The maximum Gasteiger partial charge on any atom is 0.162 e. The Labute approximate surface area is 134 Å². The molecule has 1 saturated carbocycles. The first kappa shape index (κ1) is 13.7. The van der Waals surface area contributed by atoms with Crippen LogP contribution in [0.15, 0.2) is 58.5 Å². The molecule has 2 heterocycles. The first-order valence-electron chi connectivity index (χ1n) is 7.65. The van der Waals surface area contributed by atoms with E-state index in [0.29, 0.717) is 6.04 Å². The predicted molar refractivity (Wildman–Crippen MR) is 88.5 cm³/mol. The molecule has 22 heavy (non-hydrogen) atoms. The van der Waals surface area contributed by atoms with Crippen LogP contribution in [0.1, 0.15) is 24.1 Å². The summed E-state index contributed by atoms with van der Waals surface area (Å²) in [6.07, 6.45) is 4.31. The number of hydrogen-bond donors (Lipinski definition) is 0. The molecule has 2 aromatic heterocycles. The van der Waals surface area contributed by atoms with Gasteiger partial charge in [0, 0.05) is 24.5 Å². The average molecular weight is 310 g/mol. The topological polar surface area (TPSA) is 29.3 Å². The number of hydrogen-bond acceptors (Lipinski definition) is 4. The van der Waals surface area contributed by atoms with Gasteiger partial charge in [-0.15, -0.1) is 11.3 Å². The number of thiazole rings is 1. The minimum atomic E-state index is 0.717. The molecule has 0 bridgehead atoms. The summed E-state index contributed by atoms with van der Waals surface area (Å²) in [6, 6.07) is 15.3. The lowest BCUT2D eigenvalue weighted by molar-refractivity contribution is 0.243. The Hall–Kier alpha value is -1.91. The van der Waals surface area contributed by atoms with Gasteiger partial charge in [-0.05, 0) is 30.5 Å². The van der Waals surface area contributed by atoms with Gasteiger partial charge in [-0.3, -0.25) is 4.90 Å². The van der Waals surface area contributed by atoms with E-state index in [-0.39, 0.29) is 0 Å². The van der Waals surface area contributed by atoms with Crippen LogP contribution < -0.4 is 0 Å². The van der Waals surface area contributed by atoms with Crippen LogP contribution in [0.3, 0.4) is 0 Å². The third-order valence-electron chi connectivity index (χ3n) is 3.94. The number of furan rings is 1. The van der Waals surface area contributed by atoms with Crippen LogP contribution in [0, 0.1) is 0 Å². The molecule has 1 aliphatic rings. The minimum Gasteiger partial charge on any atom is -0.462 e. The molecule has 0 aliphatic heterocycles.